The van der Waals surface area contributed by atoms with Gasteiger partial charge in [-0.25, -0.2) is 13.8 Å². The highest BCUT2D eigenvalue weighted by molar-refractivity contribution is 5.81. The van der Waals surface area contributed by atoms with Gasteiger partial charge < -0.3 is 24.8 Å². The molecule has 3 fully saturated rings. The molecule has 3 aliphatic heterocycles. The predicted molar refractivity (Wildman–Crippen MR) is 144 cm³/mol. The smallest absolute Gasteiger partial charge is 0.296 e. The second-order valence-electron chi connectivity index (χ2n) is 10.5. The fourth-order valence-electron chi connectivity index (χ4n) is 5.61. The number of anilines is 2. The van der Waals surface area contributed by atoms with Gasteiger partial charge in [-0.1, -0.05) is 12.1 Å². The van der Waals surface area contributed by atoms with E-state index < -0.39 is 6.43 Å². The second kappa shape index (κ2) is 11.0. The zero-order chi connectivity index (χ0) is 27.8. The van der Waals surface area contributed by atoms with E-state index in [0.717, 1.165) is 0 Å². The Balaban J connectivity index is 1.22. The number of hydrogen-bond acceptors (Lipinski definition) is 8. The molecular formula is C27H32F2N8O3. The molecule has 1 N–H and O–H groups in total. The maximum absolute atomic E-state index is 14.1. The lowest BCUT2D eigenvalue weighted by Crippen LogP contribution is -2.59. The summed E-state index contributed by atoms with van der Waals surface area (Å²) in [5.74, 6) is 0.927. The van der Waals surface area contributed by atoms with E-state index in [-0.39, 0.29) is 29.6 Å². The third kappa shape index (κ3) is 5.17. The first kappa shape index (κ1) is 26.4. The van der Waals surface area contributed by atoms with Gasteiger partial charge >= 0.3 is 0 Å². The predicted octanol–water partition coefficient (Wildman–Crippen LogP) is 2.47. The quantitative estimate of drug-likeness (QED) is 0.495. The summed E-state index contributed by atoms with van der Waals surface area (Å²) < 4.78 is 35.0. The van der Waals surface area contributed by atoms with Crippen LogP contribution in [-0.2, 0) is 14.3 Å². The molecule has 13 heteroatoms. The van der Waals surface area contributed by atoms with Crippen LogP contribution < -0.4 is 10.2 Å². The Morgan fingerprint density at radius 3 is 2.42 bits per heavy atom. The van der Waals surface area contributed by atoms with E-state index in [4.69, 9.17) is 9.72 Å². The zero-order valence-corrected chi connectivity index (χ0v) is 22.3. The van der Waals surface area contributed by atoms with Gasteiger partial charge in [0, 0.05) is 58.2 Å². The number of imidazole rings is 1. The maximum Gasteiger partial charge on any atom is 0.296 e. The number of aromatic nitrogens is 4. The van der Waals surface area contributed by atoms with Gasteiger partial charge in [-0.05, 0) is 25.0 Å². The van der Waals surface area contributed by atoms with E-state index in [1.807, 2.05) is 9.80 Å². The molecule has 0 radical (unpaired) electrons. The van der Waals surface area contributed by atoms with E-state index in [0.29, 0.717) is 93.9 Å². The van der Waals surface area contributed by atoms with Crippen molar-refractivity contribution in [3.05, 3.63) is 36.2 Å². The van der Waals surface area contributed by atoms with Crippen molar-refractivity contribution in [2.24, 2.45) is 5.92 Å². The molecule has 0 atom stereocenters. The van der Waals surface area contributed by atoms with Crippen LogP contribution in [0, 0.1) is 5.92 Å². The number of nitrogens with zero attached hydrogens (tertiary/aromatic N) is 7. The molecule has 212 valence electrons. The third-order valence-corrected chi connectivity index (χ3v) is 7.84. The van der Waals surface area contributed by atoms with Crippen LogP contribution in [0.1, 0.15) is 32.0 Å². The van der Waals surface area contributed by atoms with Crippen LogP contribution in [0.2, 0.25) is 0 Å². The average Bonchev–Trinajstić information content (AvgIpc) is 3.35. The molecular weight excluding hydrogens is 522 g/mol. The van der Waals surface area contributed by atoms with Gasteiger partial charge in [-0.15, -0.1) is 0 Å². The molecule has 11 nitrogen and oxygen atoms in total. The van der Waals surface area contributed by atoms with Crippen LogP contribution in [0.3, 0.4) is 0 Å². The number of alkyl halides is 2. The van der Waals surface area contributed by atoms with Crippen molar-refractivity contribution in [2.75, 3.05) is 62.7 Å². The van der Waals surface area contributed by atoms with Crippen molar-refractivity contribution < 1.29 is 23.1 Å². The number of benzene rings is 1. The van der Waals surface area contributed by atoms with Gasteiger partial charge in [0.1, 0.15) is 11.6 Å². The Morgan fingerprint density at radius 2 is 1.73 bits per heavy atom. The standard InChI is InChI=1S/C27H32F2N8O3/c1-17(38)34-8-6-18(7-9-34)26(39)36-15-19(16-36)30-22-14-23(33-27(32-22)35-10-12-40-13-11-35)37-21-5-3-2-4-20(21)31-25(37)24(28)29/h2-5,14,18-19,24H,6-13,15-16H2,1H3,(H,30,32,33). The summed E-state index contributed by atoms with van der Waals surface area (Å²) in [6.07, 6.45) is -1.44. The molecule has 0 saturated carbocycles. The molecule has 0 aliphatic carbocycles. The fraction of sp³-hybridized carbons (Fsp3) is 0.519. The highest BCUT2D eigenvalue weighted by Crippen LogP contribution is 2.30. The molecule has 5 heterocycles. The fourth-order valence-corrected chi connectivity index (χ4v) is 5.61. The van der Waals surface area contributed by atoms with Crippen molar-refractivity contribution in [3.63, 3.8) is 0 Å². The van der Waals surface area contributed by atoms with E-state index in [2.05, 4.69) is 15.3 Å². The molecule has 2 aromatic heterocycles. The topological polar surface area (TPSA) is 109 Å². The molecule has 0 unspecified atom stereocenters. The monoisotopic (exact) mass is 554 g/mol. The lowest BCUT2D eigenvalue weighted by Gasteiger charge is -2.43. The molecule has 3 aromatic rings. The molecule has 6 rings (SSSR count). The van der Waals surface area contributed by atoms with Crippen LogP contribution in [0.15, 0.2) is 30.3 Å². The number of halogens is 2. The first-order chi connectivity index (χ1) is 19.4. The molecule has 3 aliphatic rings. The number of morpholine rings is 1. The number of nitrogens with one attached hydrogen (secondary N) is 1. The third-order valence-electron chi connectivity index (χ3n) is 7.84. The summed E-state index contributed by atoms with van der Waals surface area (Å²) in [5.41, 5.74) is 0.993. The molecule has 2 amide bonds. The molecule has 0 spiro atoms. The van der Waals surface area contributed by atoms with E-state index >= 15 is 0 Å². The summed E-state index contributed by atoms with van der Waals surface area (Å²) in [4.78, 5) is 43.8. The minimum atomic E-state index is -2.79. The normalized spacial score (nSPS) is 18.9. The lowest BCUT2D eigenvalue weighted by molar-refractivity contribution is -0.143. The van der Waals surface area contributed by atoms with Crippen molar-refractivity contribution in [3.8, 4) is 5.82 Å². The van der Waals surface area contributed by atoms with Gasteiger partial charge in [0.2, 0.25) is 17.8 Å². The van der Waals surface area contributed by atoms with E-state index in [1.54, 1.807) is 42.2 Å². The summed E-state index contributed by atoms with van der Waals surface area (Å²) in [6.45, 7) is 6.04. The van der Waals surface area contributed by atoms with Gasteiger partial charge in [0.25, 0.3) is 6.43 Å². The van der Waals surface area contributed by atoms with E-state index in [9.17, 15) is 18.4 Å². The average molecular weight is 555 g/mol. The lowest BCUT2D eigenvalue weighted by atomic mass is 9.93. The van der Waals surface area contributed by atoms with Crippen LogP contribution in [0.25, 0.3) is 16.9 Å². The molecule has 0 bridgehead atoms. The minimum absolute atomic E-state index is 0.0318. The number of para-hydroxylation sites is 2. The van der Waals surface area contributed by atoms with Crippen LogP contribution >= 0.6 is 0 Å². The number of hydrogen-bond donors (Lipinski definition) is 1. The van der Waals surface area contributed by atoms with Gasteiger partial charge in [-0.3, -0.25) is 14.2 Å². The van der Waals surface area contributed by atoms with Gasteiger partial charge in [-0.2, -0.15) is 9.97 Å². The molecule has 40 heavy (non-hydrogen) atoms. The Morgan fingerprint density at radius 1 is 1.00 bits per heavy atom. The van der Waals surface area contributed by atoms with E-state index in [1.165, 1.54) is 4.57 Å². The Hall–Kier alpha value is -3.87. The summed E-state index contributed by atoms with van der Waals surface area (Å²) in [6, 6.07) is 8.61. The number of carbonyl (C=O) groups is 2. The van der Waals surface area contributed by atoms with Gasteiger partial charge in [0.15, 0.2) is 5.82 Å². The van der Waals surface area contributed by atoms with Gasteiger partial charge in [0.05, 0.1) is 30.3 Å². The summed E-state index contributed by atoms with van der Waals surface area (Å²) >= 11 is 0. The Labute approximate surface area is 230 Å². The van der Waals surface area contributed by atoms with Crippen LogP contribution in [0.5, 0.6) is 0 Å². The molecule has 1 aromatic carbocycles. The van der Waals surface area contributed by atoms with Crippen molar-refractivity contribution in [1.29, 1.82) is 0 Å². The highest BCUT2D eigenvalue weighted by Gasteiger charge is 2.36. The SMILES string of the molecule is CC(=O)N1CCC(C(=O)N2CC(Nc3cc(-n4c(C(F)F)nc5ccccc54)nc(N4CCOCC4)n3)C2)CC1. The molecule has 3 saturated heterocycles. The maximum atomic E-state index is 14.1. The number of rotatable bonds is 6. The zero-order valence-electron chi connectivity index (χ0n) is 22.3. The Bertz CT molecular complexity index is 1400. The number of ether oxygens (including phenoxy) is 1. The summed E-state index contributed by atoms with van der Waals surface area (Å²) in [7, 11) is 0. The Kier molecular flexibility index (Phi) is 7.22. The van der Waals surface area contributed by atoms with Crippen molar-refractivity contribution >= 4 is 34.6 Å². The first-order valence-corrected chi connectivity index (χ1v) is 13.7. The van der Waals surface area contributed by atoms with Crippen molar-refractivity contribution in [2.45, 2.75) is 32.2 Å². The van der Waals surface area contributed by atoms with Crippen LogP contribution in [-0.4, -0.2) is 99.7 Å². The van der Waals surface area contributed by atoms with Crippen LogP contribution in [0.4, 0.5) is 20.5 Å². The summed E-state index contributed by atoms with van der Waals surface area (Å²) in [5, 5.41) is 3.39. The van der Waals surface area contributed by atoms with Crippen molar-refractivity contribution in [1.82, 2.24) is 29.3 Å². The number of carbonyl (C=O) groups excluding carboxylic acids is 2. The minimum Gasteiger partial charge on any atom is -0.378 e. The number of fused-ring (bicyclic) bond motifs is 1. The number of piperidine rings is 1. The highest BCUT2D eigenvalue weighted by atomic mass is 19.3. The second-order valence-corrected chi connectivity index (χ2v) is 10.5. The first-order valence-electron chi connectivity index (χ1n) is 13.7. The number of likely N-dealkylation sites (tertiary alicyclic amines) is 2. The number of amides is 2. The largest absolute Gasteiger partial charge is 0.378 e.